The van der Waals surface area contributed by atoms with E-state index in [0.29, 0.717) is 11.5 Å². The summed E-state index contributed by atoms with van der Waals surface area (Å²) >= 11 is 0. The third kappa shape index (κ3) is 5.35. The fraction of sp³-hybridized carbons (Fsp3) is 0.412. The third-order valence-corrected chi connectivity index (χ3v) is 4.51. The Hall–Kier alpha value is -3.18. The molecule has 0 aliphatic rings. The van der Waals surface area contributed by atoms with Gasteiger partial charge in [-0.25, -0.2) is 5.10 Å². The van der Waals surface area contributed by atoms with Crippen LogP contribution < -0.4 is 5.32 Å². The van der Waals surface area contributed by atoms with Crippen LogP contribution in [0, 0.1) is 0 Å². The van der Waals surface area contributed by atoms with Crippen molar-refractivity contribution in [3.8, 4) is 11.4 Å². The first kappa shape index (κ1) is 25.1. The molecule has 4 rings (SSSR count). The smallest absolute Gasteiger partial charge is 0.190 e. The molecule has 9 N–H and O–H groups in total. The predicted octanol–water partition coefficient (Wildman–Crippen LogP) is -3.73. The number of tetrazole rings is 2. The number of rotatable bonds is 7. The molecule has 0 amide bonds. The minimum Gasteiger partial charge on any atom is -0.412 e. The lowest BCUT2D eigenvalue weighted by atomic mass is 10.0. The number of nitrogens with zero attached hydrogens (tertiary/aromatic N) is 7. The van der Waals surface area contributed by atoms with Crippen molar-refractivity contribution in [2.24, 2.45) is 0 Å². The van der Waals surface area contributed by atoms with Crippen molar-refractivity contribution in [2.45, 2.75) is 24.4 Å². The van der Waals surface area contributed by atoms with Crippen LogP contribution in [0.2, 0.25) is 0 Å². The summed E-state index contributed by atoms with van der Waals surface area (Å²) in [6.07, 6.45) is -5.65. The van der Waals surface area contributed by atoms with Crippen LogP contribution in [0.4, 0.5) is 0 Å². The fourth-order valence-corrected chi connectivity index (χ4v) is 2.88. The molecule has 15 nitrogen and oxygen atoms in total. The highest BCUT2D eigenvalue weighted by Crippen LogP contribution is 2.24. The van der Waals surface area contributed by atoms with Crippen molar-refractivity contribution in [3.05, 3.63) is 30.3 Å². The predicted molar refractivity (Wildman–Crippen MR) is 110 cm³/mol. The van der Waals surface area contributed by atoms with Crippen LogP contribution in [0.3, 0.4) is 0 Å². The Kier molecular flexibility index (Phi) is 8.97. The van der Waals surface area contributed by atoms with Gasteiger partial charge in [-0.1, -0.05) is 18.2 Å². The van der Waals surface area contributed by atoms with Gasteiger partial charge in [-0.3, -0.25) is 0 Å². The minimum atomic E-state index is -1.55. The molecule has 0 unspecified atom stereocenters. The monoisotopic (exact) mass is 451 g/mol. The van der Waals surface area contributed by atoms with Gasteiger partial charge in [0.2, 0.25) is 0 Å². The van der Waals surface area contributed by atoms with Crippen molar-refractivity contribution < 1.29 is 31.0 Å². The topological polar surface area (TPSA) is 242 Å². The number of hydrogen-bond acceptors (Lipinski definition) is 12. The lowest BCUT2D eigenvalue weighted by molar-refractivity contribution is -0.113. The second kappa shape index (κ2) is 11.4. The molecule has 0 fully saturated rings. The molecule has 0 aliphatic heterocycles. The number of benzene rings is 1. The first-order chi connectivity index (χ1) is 15.0. The van der Waals surface area contributed by atoms with Crippen LogP contribution in [-0.2, 0) is 0 Å². The van der Waals surface area contributed by atoms with E-state index >= 15 is 0 Å². The van der Waals surface area contributed by atoms with Crippen molar-refractivity contribution in [1.82, 2.24) is 46.0 Å². The summed E-state index contributed by atoms with van der Waals surface area (Å²) < 4.78 is 1.67. The van der Waals surface area contributed by atoms with E-state index in [-0.39, 0.29) is 12.0 Å². The molecule has 3 aromatic heterocycles. The molecule has 174 valence electrons. The van der Waals surface area contributed by atoms with Crippen LogP contribution in [0.5, 0.6) is 0 Å². The second-order valence-electron chi connectivity index (χ2n) is 6.64. The molecular weight excluding hydrogens is 426 g/mol. The van der Waals surface area contributed by atoms with E-state index < -0.39 is 31.0 Å². The number of aliphatic hydroxyl groups is 5. The highest BCUT2D eigenvalue weighted by Gasteiger charge is 2.29. The second-order valence-corrected chi connectivity index (χ2v) is 6.64. The molecule has 0 aliphatic carbocycles. The quantitative estimate of drug-likeness (QED) is 0.143. The maximum Gasteiger partial charge on any atom is 0.190 e. The van der Waals surface area contributed by atoms with Crippen LogP contribution in [-0.4, -0.2) is 116 Å². The SMILES string of the molecule is CNC[C@H](O)[C@@H](O)[C@H](O)[C@H](O)CO.O.c1ccc2c(c1)cc(-c1nnn[nH]1)c1nnnn12. The van der Waals surface area contributed by atoms with E-state index in [1.54, 1.807) is 11.6 Å². The van der Waals surface area contributed by atoms with Crippen LogP contribution in [0.15, 0.2) is 30.3 Å². The molecule has 0 radical (unpaired) electrons. The number of hydrogen-bond donors (Lipinski definition) is 7. The van der Waals surface area contributed by atoms with Crippen molar-refractivity contribution >= 4 is 16.6 Å². The first-order valence-corrected chi connectivity index (χ1v) is 9.29. The molecule has 32 heavy (non-hydrogen) atoms. The maximum absolute atomic E-state index is 9.21. The molecule has 15 heteroatoms. The third-order valence-electron chi connectivity index (χ3n) is 4.51. The fourth-order valence-electron chi connectivity index (χ4n) is 2.88. The van der Waals surface area contributed by atoms with Gasteiger partial charge < -0.3 is 36.3 Å². The Bertz CT molecular complexity index is 1090. The maximum atomic E-state index is 9.21. The van der Waals surface area contributed by atoms with E-state index in [4.69, 9.17) is 20.4 Å². The molecule has 3 heterocycles. The average Bonchev–Trinajstić information content (AvgIpc) is 3.50. The molecular formula is C17H25N9O6. The summed E-state index contributed by atoms with van der Waals surface area (Å²) in [6.45, 7) is -0.569. The van der Waals surface area contributed by atoms with E-state index in [2.05, 4.69) is 41.5 Å². The van der Waals surface area contributed by atoms with Crippen molar-refractivity contribution in [3.63, 3.8) is 0 Å². The number of nitrogens with one attached hydrogen (secondary N) is 2. The number of para-hydroxylation sites is 1. The largest absolute Gasteiger partial charge is 0.412 e. The van der Waals surface area contributed by atoms with E-state index in [1.165, 1.54) is 0 Å². The molecule has 4 aromatic rings. The number of aromatic amines is 1. The number of aliphatic hydroxyl groups excluding tert-OH is 5. The van der Waals surface area contributed by atoms with Crippen molar-refractivity contribution in [1.29, 1.82) is 0 Å². The standard InChI is InChI=1S/C10H6N8.C7H17NO5.H2O/c1-2-4-8-6(3-1)5-7(9-11-14-15-12-9)10-13-16-17-18(8)10;1-8-2-4(10)6(12)7(13)5(11)3-9;/h1-5H,(H,11,12,14,15);4-13H,2-3H2,1H3;1H2/t;4-,5+,6+,7+;/m.0./s1. The van der Waals surface area contributed by atoms with Gasteiger partial charge in [0.15, 0.2) is 11.5 Å². The zero-order valence-electron chi connectivity index (χ0n) is 17.0. The van der Waals surface area contributed by atoms with Gasteiger partial charge in [0, 0.05) is 11.9 Å². The van der Waals surface area contributed by atoms with Crippen LogP contribution in [0.1, 0.15) is 0 Å². The lowest BCUT2D eigenvalue weighted by Crippen LogP contribution is -2.48. The first-order valence-electron chi connectivity index (χ1n) is 9.29. The molecule has 4 atom stereocenters. The molecule has 0 saturated carbocycles. The van der Waals surface area contributed by atoms with E-state index in [9.17, 15) is 5.11 Å². The van der Waals surface area contributed by atoms with Crippen LogP contribution in [0.25, 0.3) is 27.9 Å². The normalized spacial score (nSPS) is 14.8. The zero-order chi connectivity index (χ0) is 22.4. The summed E-state index contributed by atoms with van der Waals surface area (Å²) in [5, 5.41) is 74.0. The Morgan fingerprint density at radius 3 is 2.41 bits per heavy atom. The van der Waals surface area contributed by atoms with Gasteiger partial charge in [-0.2, -0.15) is 4.52 Å². The molecule has 0 bridgehead atoms. The van der Waals surface area contributed by atoms with Gasteiger partial charge in [0.05, 0.1) is 23.8 Å². The Labute approximate surface area is 180 Å². The molecule has 0 saturated heterocycles. The van der Waals surface area contributed by atoms with Gasteiger partial charge in [-0.15, -0.1) is 10.2 Å². The summed E-state index contributed by atoms with van der Waals surface area (Å²) in [6, 6.07) is 9.81. The number of pyridine rings is 1. The lowest BCUT2D eigenvalue weighted by Gasteiger charge is -2.25. The number of H-pyrrole nitrogens is 1. The number of fused-ring (bicyclic) bond motifs is 3. The Morgan fingerprint density at radius 2 is 1.75 bits per heavy atom. The summed E-state index contributed by atoms with van der Waals surface area (Å²) in [5.41, 5.74) is 2.32. The molecule has 0 spiro atoms. The average molecular weight is 451 g/mol. The molecule has 1 aromatic carbocycles. The summed E-state index contributed by atoms with van der Waals surface area (Å²) in [4.78, 5) is 0. The van der Waals surface area contributed by atoms with Gasteiger partial charge in [-0.05, 0) is 40.0 Å². The van der Waals surface area contributed by atoms with Gasteiger partial charge in [0.25, 0.3) is 0 Å². The Morgan fingerprint density at radius 1 is 1.03 bits per heavy atom. The van der Waals surface area contributed by atoms with Crippen LogP contribution >= 0.6 is 0 Å². The number of aromatic nitrogens is 8. The van der Waals surface area contributed by atoms with E-state index in [1.807, 2.05) is 30.3 Å². The Balaban J connectivity index is 0.000000234. The highest BCUT2D eigenvalue weighted by molar-refractivity contribution is 5.89. The minimum absolute atomic E-state index is 0. The van der Waals surface area contributed by atoms with Crippen molar-refractivity contribution in [2.75, 3.05) is 20.2 Å². The summed E-state index contributed by atoms with van der Waals surface area (Å²) in [5.74, 6) is 0.542. The highest BCUT2D eigenvalue weighted by atomic mass is 16.4. The van der Waals surface area contributed by atoms with Gasteiger partial charge in [0.1, 0.15) is 18.3 Å². The zero-order valence-corrected chi connectivity index (χ0v) is 17.0. The van der Waals surface area contributed by atoms with Gasteiger partial charge >= 0.3 is 0 Å². The van der Waals surface area contributed by atoms with E-state index in [0.717, 1.165) is 16.5 Å². The summed E-state index contributed by atoms with van der Waals surface area (Å²) in [7, 11) is 1.57. The number of likely N-dealkylation sites (N-methyl/N-ethyl adjacent to an activating group) is 1.